The van der Waals surface area contributed by atoms with E-state index in [2.05, 4.69) is 9.97 Å². The summed E-state index contributed by atoms with van der Waals surface area (Å²) in [6.07, 6.45) is 8.52. The molecule has 132 valence electrons. The summed E-state index contributed by atoms with van der Waals surface area (Å²) in [6.45, 7) is 0. The van der Waals surface area contributed by atoms with Crippen molar-refractivity contribution in [3.05, 3.63) is 65.8 Å². The van der Waals surface area contributed by atoms with Crippen LogP contribution in [0.15, 0.2) is 54.5 Å². The van der Waals surface area contributed by atoms with Crippen LogP contribution in [0.2, 0.25) is 0 Å². The van der Waals surface area contributed by atoms with E-state index in [0.717, 1.165) is 25.7 Å². The largest absolute Gasteiger partial charge is 0.507 e. The Hall–Kier alpha value is -3.02. The second-order valence-corrected chi connectivity index (χ2v) is 6.64. The fourth-order valence-electron chi connectivity index (χ4n) is 3.90. The first-order chi connectivity index (χ1) is 12.7. The molecule has 0 radical (unpaired) electrons. The first-order valence-corrected chi connectivity index (χ1v) is 8.80. The smallest absolute Gasteiger partial charge is 0.295 e. The third-order valence-corrected chi connectivity index (χ3v) is 5.12. The van der Waals surface area contributed by atoms with Crippen molar-refractivity contribution in [1.29, 1.82) is 0 Å². The van der Waals surface area contributed by atoms with Gasteiger partial charge in [0.25, 0.3) is 11.7 Å². The highest BCUT2D eigenvalue weighted by Crippen LogP contribution is 2.42. The van der Waals surface area contributed by atoms with Crippen molar-refractivity contribution in [2.24, 2.45) is 0 Å². The summed E-state index contributed by atoms with van der Waals surface area (Å²) in [7, 11) is 0. The van der Waals surface area contributed by atoms with Gasteiger partial charge in [-0.2, -0.15) is 0 Å². The van der Waals surface area contributed by atoms with E-state index in [1.807, 2.05) is 6.07 Å². The quantitative estimate of drug-likeness (QED) is 0.523. The number of ketones is 1. The summed E-state index contributed by atoms with van der Waals surface area (Å²) >= 11 is 0. The number of carbonyl (C=O) groups excluding carboxylic acids is 2. The molecule has 0 spiro atoms. The fraction of sp³-hybridized carbons (Fsp3) is 0.300. The van der Waals surface area contributed by atoms with Crippen molar-refractivity contribution in [3.8, 4) is 0 Å². The van der Waals surface area contributed by atoms with Gasteiger partial charge in [0.1, 0.15) is 11.8 Å². The van der Waals surface area contributed by atoms with Gasteiger partial charge in [-0.15, -0.1) is 0 Å². The molecule has 2 aromatic rings. The maximum absolute atomic E-state index is 12.8. The molecule has 6 nitrogen and oxygen atoms in total. The number of pyridine rings is 2. The molecule has 4 rings (SSSR count). The molecule has 2 aliphatic rings. The van der Waals surface area contributed by atoms with Gasteiger partial charge in [0.2, 0.25) is 0 Å². The van der Waals surface area contributed by atoms with Gasteiger partial charge in [-0.1, -0.05) is 18.9 Å². The number of aromatic nitrogens is 2. The number of Topliss-reactive ketones (excluding diaryl/α,β-unsaturated/α-hetero) is 1. The van der Waals surface area contributed by atoms with E-state index in [0.29, 0.717) is 11.3 Å². The summed E-state index contributed by atoms with van der Waals surface area (Å²) in [5.41, 5.74) is 1.16. The van der Waals surface area contributed by atoms with Gasteiger partial charge >= 0.3 is 0 Å². The molecule has 1 N–H and O–H groups in total. The first kappa shape index (κ1) is 16.4. The highest BCUT2D eigenvalue weighted by Gasteiger charge is 2.49. The summed E-state index contributed by atoms with van der Waals surface area (Å²) in [4.78, 5) is 35.6. The van der Waals surface area contributed by atoms with Crippen LogP contribution in [-0.4, -0.2) is 37.7 Å². The number of hydrogen-bond acceptors (Lipinski definition) is 5. The molecule has 26 heavy (non-hydrogen) atoms. The molecule has 2 aromatic heterocycles. The maximum Gasteiger partial charge on any atom is 0.295 e. The summed E-state index contributed by atoms with van der Waals surface area (Å²) in [5.74, 6) is -1.38. The molecule has 2 fully saturated rings. The molecule has 1 unspecified atom stereocenters. The lowest BCUT2D eigenvalue weighted by molar-refractivity contribution is -0.141. The molecular formula is C20H19N3O3. The molecule has 1 saturated carbocycles. The second-order valence-electron chi connectivity index (χ2n) is 6.64. The van der Waals surface area contributed by atoms with Crippen molar-refractivity contribution >= 4 is 17.4 Å². The molecule has 6 heteroatoms. The van der Waals surface area contributed by atoms with Crippen molar-refractivity contribution in [1.82, 2.24) is 14.9 Å². The lowest BCUT2D eigenvalue weighted by Gasteiger charge is -2.30. The molecule has 1 aliphatic carbocycles. The van der Waals surface area contributed by atoms with Crippen LogP contribution in [-0.2, 0) is 9.59 Å². The van der Waals surface area contributed by atoms with Gasteiger partial charge in [0, 0.05) is 30.2 Å². The molecule has 1 aliphatic heterocycles. The minimum absolute atomic E-state index is 0.00111. The predicted octanol–water partition coefficient (Wildman–Crippen LogP) is 2.84. The zero-order valence-electron chi connectivity index (χ0n) is 14.2. The molecular weight excluding hydrogens is 330 g/mol. The third kappa shape index (κ3) is 2.67. The average molecular weight is 349 g/mol. The average Bonchev–Trinajstić information content (AvgIpc) is 3.30. The van der Waals surface area contributed by atoms with Gasteiger partial charge in [0.05, 0.1) is 11.3 Å². The Kier molecular flexibility index (Phi) is 4.24. The van der Waals surface area contributed by atoms with E-state index in [1.165, 1.54) is 12.4 Å². The third-order valence-electron chi connectivity index (χ3n) is 5.12. The SMILES string of the molecule is O=C1C(=O)N(C2CCCC2)C(c2ccccn2)/C1=C(/O)c1ccncc1. The van der Waals surface area contributed by atoms with Crippen molar-refractivity contribution in [2.45, 2.75) is 37.8 Å². The monoisotopic (exact) mass is 349 g/mol. The predicted molar refractivity (Wildman–Crippen MR) is 94.9 cm³/mol. The molecule has 0 bridgehead atoms. The molecule has 3 heterocycles. The molecule has 1 atom stereocenters. The molecule has 1 amide bonds. The van der Waals surface area contributed by atoms with Gasteiger partial charge in [-0.3, -0.25) is 19.6 Å². The van der Waals surface area contributed by atoms with Crippen LogP contribution in [0.4, 0.5) is 0 Å². The Morgan fingerprint density at radius 2 is 1.77 bits per heavy atom. The van der Waals surface area contributed by atoms with E-state index >= 15 is 0 Å². The normalized spacial score (nSPS) is 22.9. The van der Waals surface area contributed by atoms with E-state index < -0.39 is 17.7 Å². The Balaban J connectivity index is 1.88. The second kappa shape index (κ2) is 6.71. The van der Waals surface area contributed by atoms with Crippen molar-refractivity contribution in [2.75, 3.05) is 0 Å². The fourth-order valence-corrected chi connectivity index (χ4v) is 3.90. The number of likely N-dealkylation sites (tertiary alicyclic amines) is 1. The standard InChI is InChI=1S/C20H19N3O3/c24-18(13-8-11-21-12-9-13)16-17(15-7-3-4-10-22-15)23(20(26)19(16)25)14-5-1-2-6-14/h3-4,7-12,14,17,24H,1-2,5-6H2/b18-16-. The van der Waals surface area contributed by atoms with Crippen LogP contribution in [0.25, 0.3) is 5.76 Å². The van der Waals surface area contributed by atoms with Gasteiger partial charge in [0.15, 0.2) is 0 Å². The van der Waals surface area contributed by atoms with E-state index in [1.54, 1.807) is 35.4 Å². The number of carbonyl (C=O) groups is 2. The zero-order chi connectivity index (χ0) is 18.1. The van der Waals surface area contributed by atoms with Gasteiger partial charge in [-0.25, -0.2) is 0 Å². The highest BCUT2D eigenvalue weighted by atomic mass is 16.3. The van der Waals surface area contributed by atoms with Crippen LogP contribution in [0.3, 0.4) is 0 Å². The van der Waals surface area contributed by atoms with Crippen LogP contribution >= 0.6 is 0 Å². The van der Waals surface area contributed by atoms with E-state index in [4.69, 9.17) is 0 Å². The Morgan fingerprint density at radius 1 is 1.04 bits per heavy atom. The summed E-state index contributed by atoms with van der Waals surface area (Å²) in [6, 6.07) is 7.98. The Labute approximate surface area is 151 Å². The van der Waals surface area contributed by atoms with Crippen LogP contribution in [0, 0.1) is 0 Å². The number of hydrogen-bond donors (Lipinski definition) is 1. The van der Waals surface area contributed by atoms with Crippen molar-refractivity contribution < 1.29 is 14.7 Å². The maximum atomic E-state index is 12.8. The molecule has 1 saturated heterocycles. The van der Waals surface area contributed by atoms with Crippen LogP contribution < -0.4 is 0 Å². The number of amides is 1. The van der Waals surface area contributed by atoms with E-state index in [9.17, 15) is 14.7 Å². The van der Waals surface area contributed by atoms with E-state index in [-0.39, 0.29) is 17.4 Å². The van der Waals surface area contributed by atoms with Crippen LogP contribution in [0.1, 0.15) is 43.0 Å². The Morgan fingerprint density at radius 3 is 2.42 bits per heavy atom. The summed E-state index contributed by atoms with van der Waals surface area (Å²) < 4.78 is 0. The Bertz CT molecular complexity index is 858. The lowest BCUT2D eigenvalue weighted by Crippen LogP contribution is -2.37. The number of aliphatic hydroxyl groups excluding tert-OH is 1. The van der Waals surface area contributed by atoms with Gasteiger partial charge in [-0.05, 0) is 37.1 Å². The van der Waals surface area contributed by atoms with Gasteiger partial charge < -0.3 is 10.0 Å². The van der Waals surface area contributed by atoms with Crippen molar-refractivity contribution in [3.63, 3.8) is 0 Å². The minimum Gasteiger partial charge on any atom is -0.507 e. The minimum atomic E-state index is -0.660. The lowest BCUT2D eigenvalue weighted by atomic mass is 9.98. The first-order valence-electron chi connectivity index (χ1n) is 8.80. The number of nitrogens with zero attached hydrogens (tertiary/aromatic N) is 3. The number of rotatable bonds is 3. The topological polar surface area (TPSA) is 83.4 Å². The summed E-state index contributed by atoms with van der Waals surface area (Å²) in [5, 5.41) is 10.8. The zero-order valence-corrected chi connectivity index (χ0v) is 14.2. The van der Waals surface area contributed by atoms with Crippen LogP contribution in [0.5, 0.6) is 0 Å². The highest BCUT2D eigenvalue weighted by molar-refractivity contribution is 6.46. The molecule has 0 aromatic carbocycles. The number of aliphatic hydroxyl groups is 1.